The average molecular weight is 285 g/mol. The number of fused-ring (bicyclic) bond motifs is 1. The molecule has 0 amide bonds. The van der Waals surface area contributed by atoms with E-state index >= 15 is 0 Å². The number of ether oxygens (including phenoxy) is 2. The summed E-state index contributed by atoms with van der Waals surface area (Å²) in [7, 11) is 0. The van der Waals surface area contributed by atoms with E-state index < -0.39 is 6.10 Å². The number of benzene rings is 2. The van der Waals surface area contributed by atoms with Gasteiger partial charge in [-0.3, -0.25) is 0 Å². The van der Waals surface area contributed by atoms with Crippen LogP contribution in [-0.4, -0.2) is 37.5 Å². The molecule has 1 unspecified atom stereocenters. The Bertz CT molecular complexity index is 573. The number of aliphatic hydroxyl groups excluding tert-OH is 1. The van der Waals surface area contributed by atoms with E-state index in [1.807, 2.05) is 54.6 Å². The molecule has 1 heterocycles. The smallest absolute Gasteiger partial charge is 0.142 e. The predicted octanol–water partition coefficient (Wildman–Crippen LogP) is 2.33. The van der Waals surface area contributed by atoms with Gasteiger partial charge in [-0.05, 0) is 24.3 Å². The Labute approximate surface area is 124 Å². The molecule has 2 aromatic carbocycles. The van der Waals surface area contributed by atoms with Gasteiger partial charge < -0.3 is 19.5 Å². The minimum absolute atomic E-state index is 0.281. The second kappa shape index (κ2) is 6.50. The second-order valence-electron chi connectivity index (χ2n) is 5.04. The van der Waals surface area contributed by atoms with Crippen molar-refractivity contribution in [1.29, 1.82) is 0 Å². The van der Waals surface area contributed by atoms with E-state index in [0.29, 0.717) is 13.2 Å². The monoisotopic (exact) mass is 285 g/mol. The zero-order valence-electron chi connectivity index (χ0n) is 11.8. The molecular weight excluding hydrogens is 266 g/mol. The number of aliphatic hydroxyl groups is 1. The van der Waals surface area contributed by atoms with Crippen LogP contribution in [0.4, 0.5) is 5.69 Å². The highest BCUT2D eigenvalue weighted by atomic mass is 16.5. The molecule has 110 valence electrons. The van der Waals surface area contributed by atoms with E-state index in [1.165, 1.54) is 0 Å². The third-order valence-electron chi connectivity index (χ3n) is 3.44. The maximum absolute atomic E-state index is 10.2. The van der Waals surface area contributed by atoms with Gasteiger partial charge in [0.15, 0.2) is 0 Å². The Hall–Kier alpha value is -2.20. The highest BCUT2D eigenvalue weighted by molar-refractivity contribution is 5.59. The molecule has 3 rings (SSSR count). The van der Waals surface area contributed by atoms with Gasteiger partial charge in [0.25, 0.3) is 0 Å². The van der Waals surface area contributed by atoms with Gasteiger partial charge in [-0.2, -0.15) is 0 Å². The van der Waals surface area contributed by atoms with Crippen LogP contribution in [0.3, 0.4) is 0 Å². The molecule has 1 aliphatic heterocycles. The lowest BCUT2D eigenvalue weighted by molar-refractivity contribution is 0.110. The van der Waals surface area contributed by atoms with Gasteiger partial charge in [0.05, 0.1) is 12.2 Å². The van der Waals surface area contributed by atoms with Crippen LogP contribution in [0.1, 0.15) is 0 Å². The SMILES string of the molecule is OC(COc1ccccc1)CN1CCOc2ccccc21. The van der Waals surface area contributed by atoms with Crippen LogP contribution in [0.15, 0.2) is 54.6 Å². The summed E-state index contributed by atoms with van der Waals surface area (Å²) in [6.07, 6.45) is -0.545. The van der Waals surface area contributed by atoms with Gasteiger partial charge in [0, 0.05) is 6.54 Å². The van der Waals surface area contributed by atoms with Crippen LogP contribution in [0.5, 0.6) is 11.5 Å². The first-order valence-corrected chi connectivity index (χ1v) is 7.15. The highest BCUT2D eigenvalue weighted by Crippen LogP contribution is 2.30. The minimum Gasteiger partial charge on any atom is -0.491 e. The summed E-state index contributed by atoms with van der Waals surface area (Å²) in [5, 5.41) is 10.2. The number of anilines is 1. The van der Waals surface area contributed by atoms with E-state index in [4.69, 9.17) is 9.47 Å². The van der Waals surface area contributed by atoms with E-state index in [2.05, 4.69) is 4.90 Å². The third-order valence-corrected chi connectivity index (χ3v) is 3.44. The number of hydrogen-bond acceptors (Lipinski definition) is 4. The van der Waals surface area contributed by atoms with Crippen molar-refractivity contribution >= 4 is 5.69 Å². The molecule has 0 fully saturated rings. The summed E-state index contributed by atoms with van der Waals surface area (Å²) in [6.45, 7) is 2.24. The Kier molecular flexibility index (Phi) is 4.26. The van der Waals surface area contributed by atoms with Gasteiger partial charge in [0.2, 0.25) is 0 Å². The van der Waals surface area contributed by atoms with Crippen LogP contribution in [0.2, 0.25) is 0 Å². The van der Waals surface area contributed by atoms with Crippen LogP contribution < -0.4 is 14.4 Å². The quantitative estimate of drug-likeness (QED) is 0.915. The van der Waals surface area contributed by atoms with E-state index in [9.17, 15) is 5.11 Å². The maximum Gasteiger partial charge on any atom is 0.142 e. The fraction of sp³-hybridized carbons (Fsp3) is 0.294. The fourth-order valence-electron chi connectivity index (χ4n) is 2.43. The largest absolute Gasteiger partial charge is 0.491 e. The van der Waals surface area contributed by atoms with Gasteiger partial charge in [-0.25, -0.2) is 0 Å². The first-order chi connectivity index (χ1) is 10.3. The molecule has 1 N–H and O–H groups in total. The van der Waals surface area contributed by atoms with Crippen LogP contribution in [0, 0.1) is 0 Å². The lowest BCUT2D eigenvalue weighted by atomic mass is 10.2. The van der Waals surface area contributed by atoms with E-state index in [-0.39, 0.29) is 6.61 Å². The van der Waals surface area contributed by atoms with Crippen molar-refractivity contribution in [3.05, 3.63) is 54.6 Å². The Balaban J connectivity index is 1.57. The highest BCUT2D eigenvalue weighted by Gasteiger charge is 2.20. The molecule has 0 aliphatic carbocycles. The number of nitrogens with zero attached hydrogens (tertiary/aromatic N) is 1. The summed E-state index contributed by atoms with van der Waals surface area (Å²) in [4.78, 5) is 2.14. The predicted molar refractivity (Wildman–Crippen MR) is 82.1 cm³/mol. The average Bonchev–Trinajstić information content (AvgIpc) is 2.54. The molecular formula is C17H19NO3. The molecule has 0 saturated carbocycles. The summed E-state index contributed by atoms with van der Waals surface area (Å²) in [5.41, 5.74) is 1.03. The van der Waals surface area contributed by atoms with E-state index in [0.717, 1.165) is 23.7 Å². The number of rotatable bonds is 5. The number of para-hydroxylation sites is 3. The van der Waals surface area contributed by atoms with Crippen molar-refractivity contribution in [2.75, 3.05) is 31.2 Å². The van der Waals surface area contributed by atoms with Gasteiger partial charge in [-0.15, -0.1) is 0 Å². The normalized spacial score (nSPS) is 15.0. The molecule has 1 aliphatic rings. The summed E-state index contributed by atoms with van der Waals surface area (Å²) >= 11 is 0. The Morgan fingerprint density at radius 2 is 1.86 bits per heavy atom. The Morgan fingerprint density at radius 1 is 1.10 bits per heavy atom. The van der Waals surface area contributed by atoms with E-state index in [1.54, 1.807) is 0 Å². The van der Waals surface area contributed by atoms with Gasteiger partial charge in [-0.1, -0.05) is 30.3 Å². The molecule has 0 saturated heterocycles. The number of β-amino-alcohol motifs (C(OH)–C–C–N with tert-alkyl or cyclic N) is 1. The molecule has 0 spiro atoms. The van der Waals surface area contributed by atoms with Gasteiger partial charge >= 0.3 is 0 Å². The standard InChI is InChI=1S/C17H19NO3/c19-14(13-21-15-6-2-1-3-7-15)12-18-10-11-20-17-9-5-4-8-16(17)18/h1-9,14,19H,10-13H2. The van der Waals surface area contributed by atoms with Crippen LogP contribution in [0.25, 0.3) is 0 Å². The van der Waals surface area contributed by atoms with Crippen LogP contribution in [-0.2, 0) is 0 Å². The van der Waals surface area contributed by atoms with Crippen molar-refractivity contribution in [3.8, 4) is 11.5 Å². The topological polar surface area (TPSA) is 41.9 Å². The molecule has 1 atom stereocenters. The molecule has 0 aromatic heterocycles. The molecule has 0 radical (unpaired) electrons. The first-order valence-electron chi connectivity index (χ1n) is 7.15. The third kappa shape index (κ3) is 3.47. The lowest BCUT2D eigenvalue weighted by Gasteiger charge is -2.32. The van der Waals surface area contributed by atoms with Crippen molar-refractivity contribution in [2.24, 2.45) is 0 Å². The second-order valence-corrected chi connectivity index (χ2v) is 5.04. The molecule has 2 aromatic rings. The molecule has 4 heteroatoms. The van der Waals surface area contributed by atoms with Crippen molar-refractivity contribution in [2.45, 2.75) is 6.10 Å². The van der Waals surface area contributed by atoms with Crippen molar-refractivity contribution in [1.82, 2.24) is 0 Å². The van der Waals surface area contributed by atoms with Crippen LogP contribution >= 0.6 is 0 Å². The zero-order valence-corrected chi connectivity index (χ0v) is 11.8. The summed E-state index contributed by atoms with van der Waals surface area (Å²) < 4.78 is 11.2. The fourth-order valence-corrected chi connectivity index (χ4v) is 2.43. The van der Waals surface area contributed by atoms with Crippen molar-refractivity contribution < 1.29 is 14.6 Å². The first kappa shape index (κ1) is 13.8. The molecule has 0 bridgehead atoms. The molecule has 21 heavy (non-hydrogen) atoms. The summed E-state index contributed by atoms with van der Waals surface area (Å²) in [6, 6.07) is 17.4. The Morgan fingerprint density at radius 3 is 2.71 bits per heavy atom. The molecule has 4 nitrogen and oxygen atoms in total. The summed E-state index contributed by atoms with van der Waals surface area (Å²) in [5.74, 6) is 1.65. The zero-order chi connectivity index (χ0) is 14.5. The minimum atomic E-state index is -0.545. The van der Waals surface area contributed by atoms with Gasteiger partial charge in [0.1, 0.15) is 30.8 Å². The number of hydrogen-bond donors (Lipinski definition) is 1. The maximum atomic E-state index is 10.2. The lowest BCUT2D eigenvalue weighted by Crippen LogP contribution is -2.40. The van der Waals surface area contributed by atoms with Crippen molar-refractivity contribution in [3.63, 3.8) is 0 Å².